The maximum atomic E-state index is 10.9. The van der Waals surface area contributed by atoms with Crippen molar-refractivity contribution in [3.63, 3.8) is 0 Å². The highest BCUT2D eigenvalue weighted by molar-refractivity contribution is 7.90. The van der Waals surface area contributed by atoms with Crippen molar-refractivity contribution in [3.05, 3.63) is 28.6 Å². The normalized spacial score (nSPS) is 11.1. The summed E-state index contributed by atoms with van der Waals surface area (Å²) < 4.78 is 21.7. The number of pyridine rings is 1. The molecule has 0 saturated carbocycles. The van der Waals surface area contributed by atoms with E-state index in [1.807, 2.05) is 0 Å². The van der Waals surface area contributed by atoms with Gasteiger partial charge in [-0.05, 0) is 6.07 Å². The van der Waals surface area contributed by atoms with Crippen LogP contribution in [-0.2, 0) is 9.84 Å². The molecule has 0 aromatic carbocycles. The number of nitrogens with one attached hydrogen (secondary N) is 1. The average molecular weight is 245 g/mol. The van der Waals surface area contributed by atoms with E-state index in [4.69, 9.17) is 0 Å². The molecule has 0 aliphatic rings. The molecule has 0 atom stereocenters. The Kier molecular flexibility index (Phi) is 3.78. The molecule has 8 heteroatoms. The third-order valence-electron chi connectivity index (χ3n) is 1.79. The zero-order chi connectivity index (χ0) is 12.2. The third-order valence-corrected chi connectivity index (χ3v) is 2.73. The van der Waals surface area contributed by atoms with Crippen LogP contribution in [0.15, 0.2) is 18.5 Å². The molecule has 0 bridgehead atoms. The van der Waals surface area contributed by atoms with Crippen molar-refractivity contribution in [3.8, 4) is 0 Å². The highest BCUT2D eigenvalue weighted by atomic mass is 32.2. The standard InChI is InChI=1S/C8H11N3O4S/c1-16(14,15)5-4-10-7-2-3-9-6-8(7)11(12)13/h2-3,6H,4-5H2,1H3,(H,9,10). The first-order chi connectivity index (χ1) is 7.40. The average Bonchev–Trinajstić information content (AvgIpc) is 2.16. The minimum Gasteiger partial charge on any atom is -0.378 e. The van der Waals surface area contributed by atoms with E-state index in [1.165, 1.54) is 12.3 Å². The van der Waals surface area contributed by atoms with Gasteiger partial charge in [-0.25, -0.2) is 8.42 Å². The second-order valence-electron chi connectivity index (χ2n) is 3.21. The first kappa shape index (κ1) is 12.4. The van der Waals surface area contributed by atoms with Gasteiger partial charge in [0.2, 0.25) is 0 Å². The first-order valence-electron chi connectivity index (χ1n) is 4.40. The molecule has 0 saturated heterocycles. The molecule has 0 unspecified atom stereocenters. The molecule has 1 rings (SSSR count). The van der Waals surface area contributed by atoms with Gasteiger partial charge in [-0.15, -0.1) is 0 Å². The molecule has 0 radical (unpaired) electrons. The number of aromatic nitrogens is 1. The van der Waals surface area contributed by atoms with Crippen molar-refractivity contribution in [1.82, 2.24) is 4.98 Å². The van der Waals surface area contributed by atoms with E-state index in [0.29, 0.717) is 0 Å². The summed E-state index contributed by atoms with van der Waals surface area (Å²) in [6, 6.07) is 1.43. The monoisotopic (exact) mass is 245 g/mol. The molecule has 1 heterocycles. The Hall–Kier alpha value is -1.70. The van der Waals surface area contributed by atoms with Gasteiger partial charge in [0, 0.05) is 19.0 Å². The van der Waals surface area contributed by atoms with Crippen LogP contribution < -0.4 is 5.32 Å². The number of hydrogen-bond acceptors (Lipinski definition) is 6. The summed E-state index contributed by atoms with van der Waals surface area (Å²) in [4.78, 5) is 13.6. The van der Waals surface area contributed by atoms with E-state index < -0.39 is 14.8 Å². The maximum absolute atomic E-state index is 10.9. The molecule has 0 aliphatic carbocycles. The molecule has 88 valence electrons. The van der Waals surface area contributed by atoms with Crippen molar-refractivity contribution < 1.29 is 13.3 Å². The Morgan fingerprint density at radius 2 is 2.25 bits per heavy atom. The highest BCUT2D eigenvalue weighted by Crippen LogP contribution is 2.21. The molecule has 0 spiro atoms. The Morgan fingerprint density at radius 3 is 2.81 bits per heavy atom. The van der Waals surface area contributed by atoms with Gasteiger partial charge in [0.25, 0.3) is 0 Å². The Bertz CT molecular complexity index is 486. The van der Waals surface area contributed by atoms with Crippen LogP contribution in [0.1, 0.15) is 0 Å². The lowest BCUT2D eigenvalue weighted by molar-refractivity contribution is -0.384. The van der Waals surface area contributed by atoms with Crippen molar-refractivity contribution in [2.24, 2.45) is 0 Å². The number of rotatable bonds is 5. The summed E-state index contributed by atoms with van der Waals surface area (Å²) in [6.07, 6.45) is 3.62. The van der Waals surface area contributed by atoms with Gasteiger partial charge in [0.05, 0.1) is 10.7 Å². The van der Waals surface area contributed by atoms with Gasteiger partial charge >= 0.3 is 5.69 Å². The van der Waals surface area contributed by atoms with Gasteiger partial charge in [-0.1, -0.05) is 0 Å². The van der Waals surface area contributed by atoms with Crippen LogP contribution in [-0.4, -0.2) is 36.9 Å². The van der Waals surface area contributed by atoms with Crippen LogP contribution in [0.5, 0.6) is 0 Å². The van der Waals surface area contributed by atoms with Crippen molar-refractivity contribution in [2.75, 3.05) is 23.9 Å². The van der Waals surface area contributed by atoms with Gasteiger partial charge in [0.1, 0.15) is 21.7 Å². The predicted octanol–water partition coefficient (Wildman–Crippen LogP) is 0.446. The molecule has 0 fully saturated rings. The van der Waals surface area contributed by atoms with Gasteiger partial charge in [-0.3, -0.25) is 15.1 Å². The second kappa shape index (κ2) is 4.88. The van der Waals surface area contributed by atoms with Crippen molar-refractivity contribution in [2.45, 2.75) is 0 Å². The summed E-state index contributed by atoms with van der Waals surface area (Å²) >= 11 is 0. The Labute approximate surface area is 92.6 Å². The molecule has 1 N–H and O–H groups in total. The molecule has 7 nitrogen and oxygen atoms in total. The smallest absolute Gasteiger partial charge is 0.310 e. The van der Waals surface area contributed by atoms with E-state index >= 15 is 0 Å². The van der Waals surface area contributed by atoms with E-state index in [1.54, 1.807) is 0 Å². The number of anilines is 1. The highest BCUT2D eigenvalue weighted by Gasteiger charge is 2.13. The minimum absolute atomic E-state index is 0.0769. The van der Waals surface area contributed by atoms with Crippen molar-refractivity contribution in [1.29, 1.82) is 0 Å². The first-order valence-corrected chi connectivity index (χ1v) is 6.46. The minimum atomic E-state index is -3.08. The van der Waals surface area contributed by atoms with Gasteiger partial charge < -0.3 is 5.32 Å². The number of nitro groups is 1. The summed E-state index contributed by atoms with van der Waals surface area (Å²) in [5.74, 6) is -0.0769. The Balaban J connectivity index is 2.71. The fourth-order valence-electron chi connectivity index (χ4n) is 1.05. The molecule has 1 aromatic rings. The van der Waals surface area contributed by atoms with E-state index in [9.17, 15) is 18.5 Å². The number of nitrogens with zero attached hydrogens (tertiary/aromatic N) is 2. The lowest BCUT2D eigenvalue weighted by Crippen LogP contribution is -2.14. The topological polar surface area (TPSA) is 102 Å². The fourth-order valence-corrected chi connectivity index (χ4v) is 1.53. The summed E-state index contributed by atoms with van der Waals surface area (Å²) in [5, 5.41) is 13.3. The summed E-state index contributed by atoms with van der Waals surface area (Å²) in [7, 11) is -3.08. The third kappa shape index (κ3) is 3.81. The van der Waals surface area contributed by atoms with Crippen LogP contribution in [0.4, 0.5) is 11.4 Å². The van der Waals surface area contributed by atoms with Gasteiger partial charge in [0.15, 0.2) is 0 Å². The maximum Gasteiger partial charge on any atom is 0.310 e. The Morgan fingerprint density at radius 1 is 1.56 bits per heavy atom. The lowest BCUT2D eigenvalue weighted by atomic mass is 10.3. The summed E-state index contributed by atoms with van der Waals surface area (Å²) in [5.41, 5.74) is 0.0969. The van der Waals surface area contributed by atoms with Crippen LogP contribution >= 0.6 is 0 Å². The molecule has 16 heavy (non-hydrogen) atoms. The predicted molar refractivity (Wildman–Crippen MR) is 59.1 cm³/mol. The molecule has 0 aliphatic heterocycles. The lowest BCUT2D eigenvalue weighted by Gasteiger charge is -2.05. The van der Waals surface area contributed by atoms with E-state index in [0.717, 1.165) is 12.5 Å². The SMILES string of the molecule is CS(=O)(=O)CCNc1ccncc1[N+](=O)[O-]. The van der Waals surface area contributed by atoms with Crippen LogP contribution in [0.25, 0.3) is 0 Å². The fraction of sp³-hybridized carbons (Fsp3) is 0.375. The van der Waals surface area contributed by atoms with E-state index in [-0.39, 0.29) is 23.7 Å². The zero-order valence-corrected chi connectivity index (χ0v) is 9.40. The summed E-state index contributed by atoms with van der Waals surface area (Å²) in [6.45, 7) is 0.129. The van der Waals surface area contributed by atoms with Crippen LogP contribution in [0.2, 0.25) is 0 Å². The zero-order valence-electron chi connectivity index (χ0n) is 8.58. The second-order valence-corrected chi connectivity index (χ2v) is 5.47. The molecular weight excluding hydrogens is 234 g/mol. The van der Waals surface area contributed by atoms with Crippen molar-refractivity contribution >= 4 is 21.2 Å². The van der Waals surface area contributed by atoms with Gasteiger partial charge in [-0.2, -0.15) is 0 Å². The number of hydrogen-bond donors (Lipinski definition) is 1. The molecule has 0 amide bonds. The molecule has 1 aromatic heterocycles. The quantitative estimate of drug-likeness (QED) is 0.596. The number of sulfone groups is 1. The van der Waals surface area contributed by atoms with Crippen LogP contribution in [0, 0.1) is 10.1 Å². The van der Waals surface area contributed by atoms with Crippen LogP contribution in [0.3, 0.4) is 0 Å². The largest absolute Gasteiger partial charge is 0.378 e. The van der Waals surface area contributed by atoms with E-state index in [2.05, 4.69) is 10.3 Å². The molecular formula is C8H11N3O4S.